The van der Waals surface area contributed by atoms with E-state index < -0.39 is 31.9 Å². The van der Waals surface area contributed by atoms with Crippen molar-refractivity contribution in [3.05, 3.63) is 47.8 Å². The van der Waals surface area contributed by atoms with E-state index in [1.165, 1.54) is 6.08 Å². The first-order chi connectivity index (χ1) is 9.51. The van der Waals surface area contributed by atoms with Gasteiger partial charge >= 0.3 is 0 Å². The van der Waals surface area contributed by atoms with Crippen molar-refractivity contribution < 1.29 is 17.6 Å². The van der Waals surface area contributed by atoms with Crippen molar-refractivity contribution in [1.29, 1.82) is 0 Å². The van der Waals surface area contributed by atoms with Gasteiger partial charge in [-0.3, -0.25) is 0 Å². The molecule has 0 N–H and O–H groups in total. The standard InChI is InChI=1S/C16H23F3OSi/c1-7-8-13(20-21(5,6)16(2,3)4)14-11(17)9-10-12(18)15(14)19/h7,9-10,13H,1,8H2,2-6H3. The highest BCUT2D eigenvalue weighted by atomic mass is 28.4. The van der Waals surface area contributed by atoms with Gasteiger partial charge in [0.2, 0.25) is 0 Å². The maximum absolute atomic E-state index is 14.0. The summed E-state index contributed by atoms with van der Waals surface area (Å²) in [4.78, 5) is 0. The second-order valence-corrected chi connectivity index (χ2v) is 11.4. The first-order valence-electron chi connectivity index (χ1n) is 6.93. The highest BCUT2D eigenvalue weighted by Gasteiger charge is 2.40. The van der Waals surface area contributed by atoms with E-state index in [1.54, 1.807) is 0 Å². The van der Waals surface area contributed by atoms with Crippen LogP contribution < -0.4 is 0 Å². The number of hydrogen-bond donors (Lipinski definition) is 0. The van der Waals surface area contributed by atoms with Crippen LogP contribution in [0.3, 0.4) is 0 Å². The Morgan fingerprint density at radius 2 is 1.71 bits per heavy atom. The van der Waals surface area contributed by atoms with Gasteiger partial charge in [0.05, 0.1) is 11.7 Å². The van der Waals surface area contributed by atoms with Gasteiger partial charge < -0.3 is 4.43 Å². The maximum atomic E-state index is 14.0. The van der Waals surface area contributed by atoms with Gasteiger partial charge in [-0.2, -0.15) is 0 Å². The van der Waals surface area contributed by atoms with E-state index in [0.717, 1.165) is 12.1 Å². The van der Waals surface area contributed by atoms with Crippen LogP contribution in [0, 0.1) is 17.5 Å². The minimum Gasteiger partial charge on any atom is -0.409 e. The Morgan fingerprint density at radius 1 is 1.19 bits per heavy atom. The summed E-state index contributed by atoms with van der Waals surface area (Å²) in [6, 6.07) is 1.71. The fraction of sp³-hybridized carbons (Fsp3) is 0.500. The summed E-state index contributed by atoms with van der Waals surface area (Å²) in [7, 11) is -2.25. The fourth-order valence-electron chi connectivity index (χ4n) is 1.75. The van der Waals surface area contributed by atoms with Gasteiger partial charge in [-0.1, -0.05) is 26.8 Å². The zero-order valence-corrected chi connectivity index (χ0v) is 14.3. The van der Waals surface area contributed by atoms with E-state index in [0.29, 0.717) is 0 Å². The Balaban J connectivity index is 3.26. The van der Waals surface area contributed by atoms with Crippen LogP contribution in [-0.2, 0) is 4.43 Å². The van der Waals surface area contributed by atoms with Gasteiger partial charge in [0.1, 0.15) is 5.82 Å². The molecule has 1 unspecified atom stereocenters. The number of halogens is 3. The molecule has 1 rings (SSSR count). The van der Waals surface area contributed by atoms with Crippen molar-refractivity contribution in [2.75, 3.05) is 0 Å². The Labute approximate surface area is 126 Å². The largest absolute Gasteiger partial charge is 0.409 e. The van der Waals surface area contributed by atoms with Crippen LogP contribution in [-0.4, -0.2) is 8.32 Å². The number of benzene rings is 1. The Bertz CT molecular complexity index is 521. The minimum absolute atomic E-state index is 0.118. The molecule has 0 fully saturated rings. The van der Waals surface area contributed by atoms with Gasteiger partial charge in [0.15, 0.2) is 20.0 Å². The van der Waals surface area contributed by atoms with Crippen molar-refractivity contribution in [3.63, 3.8) is 0 Å². The van der Waals surface area contributed by atoms with Crippen LogP contribution in [0.4, 0.5) is 13.2 Å². The van der Waals surface area contributed by atoms with Gasteiger partial charge in [-0.15, -0.1) is 6.58 Å². The lowest BCUT2D eigenvalue weighted by molar-refractivity contribution is 0.175. The predicted molar refractivity (Wildman–Crippen MR) is 82.2 cm³/mol. The zero-order chi connectivity index (χ0) is 16.4. The molecule has 0 amide bonds. The molecule has 0 aliphatic carbocycles. The highest BCUT2D eigenvalue weighted by molar-refractivity contribution is 6.74. The monoisotopic (exact) mass is 316 g/mol. The zero-order valence-electron chi connectivity index (χ0n) is 13.3. The number of hydrogen-bond acceptors (Lipinski definition) is 1. The lowest BCUT2D eigenvalue weighted by Gasteiger charge is -2.39. The van der Waals surface area contributed by atoms with E-state index in [2.05, 4.69) is 6.58 Å². The van der Waals surface area contributed by atoms with Crippen LogP contribution in [0.25, 0.3) is 0 Å². The predicted octanol–water partition coefficient (Wildman–Crippen LogP) is 5.74. The highest BCUT2D eigenvalue weighted by Crippen LogP contribution is 2.41. The molecule has 0 spiro atoms. The van der Waals surface area contributed by atoms with Gasteiger partial charge in [-0.05, 0) is 36.7 Å². The van der Waals surface area contributed by atoms with Crippen LogP contribution in [0.5, 0.6) is 0 Å². The topological polar surface area (TPSA) is 9.23 Å². The van der Waals surface area contributed by atoms with Crippen LogP contribution in [0.15, 0.2) is 24.8 Å². The molecular weight excluding hydrogens is 293 g/mol. The summed E-state index contributed by atoms with van der Waals surface area (Å²) in [6.45, 7) is 13.7. The van der Waals surface area contributed by atoms with Crippen LogP contribution in [0.2, 0.25) is 18.1 Å². The molecule has 21 heavy (non-hydrogen) atoms. The lowest BCUT2D eigenvalue weighted by Crippen LogP contribution is -2.42. The minimum atomic E-state index is -2.25. The van der Waals surface area contributed by atoms with E-state index >= 15 is 0 Å². The SMILES string of the molecule is C=CCC(O[Si](C)(C)C(C)(C)C)c1c(F)ccc(F)c1F. The van der Waals surface area contributed by atoms with Crippen molar-refractivity contribution in [3.8, 4) is 0 Å². The second-order valence-electron chi connectivity index (χ2n) is 6.65. The van der Waals surface area contributed by atoms with Crippen LogP contribution >= 0.6 is 0 Å². The van der Waals surface area contributed by atoms with E-state index in [9.17, 15) is 13.2 Å². The van der Waals surface area contributed by atoms with Crippen LogP contribution in [0.1, 0.15) is 38.9 Å². The molecule has 0 bridgehead atoms. The quantitative estimate of drug-likeness (QED) is 0.382. The molecule has 1 nitrogen and oxygen atoms in total. The van der Waals surface area contributed by atoms with E-state index in [-0.39, 0.29) is 17.0 Å². The normalized spacial score (nSPS) is 14.1. The molecule has 0 aliphatic rings. The smallest absolute Gasteiger partial charge is 0.192 e. The molecule has 0 aliphatic heterocycles. The molecule has 5 heteroatoms. The molecule has 0 aromatic heterocycles. The molecule has 0 heterocycles. The van der Waals surface area contributed by atoms with E-state index in [4.69, 9.17) is 4.43 Å². The third kappa shape index (κ3) is 3.98. The molecule has 0 radical (unpaired) electrons. The first-order valence-corrected chi connectivity index (χ1v) is 9.84. The Kier molecular flexibility index (Phi) is 5.44. The van der Waals surface area contributed by atoms with Crippen molar-refractivity contribution in [2.24, 2.45) is 0 Å². The van der Waals surface area contributed by atoms with E-state index in [1.807, 2.05) is 33.9 Å². The molecule has 1 aromatic rings. The molecular formula is C16H23F3OSi. The summed E-state index contributed by atoms with van der Waals surface area (Å²) in [5, 5.41) is -0.118. The third-order valence-electron chi connectivity index (χ3n) is 4.03. The summed E-state index contributed by atoms with van der Waals surface area (Å²) in [6.07, 6.45) is 0.893. The maximum Gasteiger partial charge on any atom is 0.192 e. The third-order valence-corrected chi connectivity index (χ3v) is 8.51. The van der Waals surface area contributed by atoms with Crippen molar-refractivity contribution in [2.45, 2.75) is 51.4 Å². The lowest BCUT2D eigenvalue weighted by atomic mass is 10.1. The second kappa shape index (κ2) is 6.36. The molecule has 1 atom stereocenters. The summed E-state index contributed by atoms with van der Waals surface area (Å²) in [5.74, 6) is -3.04. The van der Waals surface area contributed by atoms with Crippen molar-refractivity contribution >= 4 is 8.32 Å². The van der Waals surface area contributed by atoms with Gasteiger partial charge in [0.25, 0.3) is 0 Å². The summed E-state index contributed by atoms with van der Waals surface area (Å²) < 4.78 is 47.4. The average molecular weight is 316 g/mol. The summed E-state index contributed by atoms with van der Waals surface area (Å²) in [5.41, 5.74) is -0.347. The number of rotatable bonds is 5. The molecule has 118 valence electrons. The van der Waals surface area contributed by atoms with Gasteiger partial charge in [-0.25, -0.2) is 13.2 Å². The Hall–Kier alpha value is -1.07. The van der Waals surface area contributed by atoms with Crippen molar-refractivity contribution in [1.82, 2.24) is 0 Å². The van der Waals surface area contributed by atoms with Gasteiger partial charge in [0, 0.05) is 0 Å². The fourth-order valence-corrected chi connectivity index (χ4v) is 3.03. The Morgan fingerprint density at radius 3 is 2.19 bits per heavy atom. The molecule has 0 saturated carbocycles. The molecule has 1 aromatic carbocycles. The molecule has 0 saturated heterocycles. The first kappa shape index (κ1) is 18.0. The average Bonchev–Trinajstić information content (AvgIpc) is 2.33. The summed E-state index contributed by atoms with van der Waals surface area (Å²) >= 11 is 0.